The van der Waals surface area contributed by atoms with Gasteiger partial charge in [0.25, 0.3) is 5.91 Å². The second kappa shape index (κ2) is 6.15. The van der Waals surface area contributed by atoms with Crippen LogP contribution in [0.5, 0.6) is 0 Å². The molecule has 1 heterocycles. The maximum atomic E-state index is 12.4. The number of carbonyl (C=O) groups is 2. The summed E-state index contributed by atoms with van der Waals surface area (Å²) in [7, 11) is 3.96. The van der Waals surface area contributed by atoms with E-state index in [1.807, 2.05) is 44.1 Å². The fourth-order valence-corrected chi connectivity index (χ4v) is 2.55. The van der Waals surface area contributed by atoms with Gasteiger partial charge in [0.1, 0.15) is 0 Å². The monoisotopic (exact) mass is 275 g/mol. The van der Waals surface area contributed by atoms with Crippen LogP contribution in [0.15, 0.2) is 30.3 Å². The van der Waals surface area contributed by atoms with Gasteiger partial charge in [-0.3, -0.25) is 9.59 Å². The van der Waals surface area contributed by atoms with Gasteiger partial charge >= 0.3 is 0 Å². The number of carbonyl (C=O) groups excluding carboxylic acids is 2. The Balaban J connectivity index is 2.06. The Hall–Kier alpha value is -1.72. The number of hydrogen-bond donors (Lipinski definition) is 1. The molecule has 20 heavy (non-hydrogen) atoms. The van der Waals surface area contributed by atoms with Gasteiger partial charge in [-0.05, 0) is 33.2 Å². The lowest BCUT2D eigenvalue weighted by atomic mass is 10.2. The molecule has 5 nitrogen and oxygen atoms in total. The summed E-state index contributed by atoms with van der Waals surface area (Å²) in [5, 5.41) is 3.24. The summed E-state index contributed by atoms with van der Waals surface area (Å²) in [5.74, 6) is -0.303. The zero-order chi connectivity index (χ0) is 14.7. The first-order chi connectivity index (χ1) is 9.49. The van der Waals surface area contributed by atoms with Gasteiger partial charge in [-0.25, -0.2) is 4.90 Å². The third-order valence-electron chi connectivity index (χ3n) is 3.29. The lowest BCUT2D eigenvalue weighted by Crippen LogP contribution is -2.46. The summed E-state index contributed by atoms with van der Waals surface area (Å²) in [6, 6.07) is 8.81. The van der Waals surface area contributed by atoms with Crippen molar-refractivity contribution in [3.8, 4) is 0 Å². The summed E-state index contributed by atoms with van der Waals surface area (Å²) in [6.07, 6.45) is 0.228. The predicted molar refractivity (Wildman–Crippen MR) is 78.5 cm³/mol. The minimum Gasteiger partial charge on any atom is -0.308 e. The summed E-state index contributed by atoms with van der Waals surface area (Å²) in [4.78, 5) is 27.7. The summed E-state index contributed by atoms with van der Waals surface area (Å²) < 4.78 is 0. The fraction of sp³-hybridized carbons (Fsp3) is 0.467. The minimum absolute atomic E-state index is 0.143. The number of nitrogens with one attached hydrogen (secondary N) is 1. The Bertz CT molecular complexity index is 487. The van der Waals surface area contributed by atoms with Crippen molar-refractivity contribution in [2.24, 2.45) is 0 Å². The van der Waals surface area contributed by atoms with Crippen LogP contribution in [0.1, 0.15) is 13.3 Å². The lowest BCUT2D eigenvalue weighted by molar-refractivity contribution is -0.121. The molecule has 108 valence electrons. The number of rotatable bonds is 5. The van der Waals surface area contributed by atoms with Gasteiger partial charge < -0.3 is 10.2 Å². The van der Waals surface area contributed by atoms with E-state index in [1.54, 1.807) is 12.1 Å². The van der Waals surface area contributed by atoms with Crippen LogP contribution in [0.4, 0.5) is 5.69 Å². The molecule has 0 saturated carbocycles. The van der Waals surface area contributed by atoms with E-state index in [0.29, 0.717) is 5.69 Å². The quantitative estimate of drug-likeness (QED) is 0.810. The van der Waals surface area contributed by atoms with E-state index in [1.165, 1.54) is 4.90 Å². The Morgan fingerprint density at radius 2 is 1.95 bits per heavy atom. The van der Waals surface area contributed by atoms with E-state index in [-0.39, 0.29) is 24.3 Å². The van der Waals surface area contributed by atoms with Crippen molar-refractivity contribution in [1.82, 2.24) is 10.2 Å². The highest BCUT2D eigenvalue weighted by Crippen LogP contribution is 2.22. The Kier molecular flexibility index (Phi) is 4.52. The standard InChI is InChI=1S/C15H21N3O2/c1-11(10-17(2)3)16-13-9-14(19)18(15(13)20)12-7-5-4-6-8-12/h4-8,11,13,16H,9-10H2,1-3H3. The molecule has 2 amide bonds. The fourth-order valence-electron chi connectivity index (χ4n) is 2.55. The molecule has 0 radical (unpaired) electrons. The van der Waals surface area contributed by atoms with Crippen molar-refractivity contribution < 1.29 is 9.59 Å². The first kappa shape index (κ1) is 14.7. The van der Waals surface area contributed by atoms with Crippen molar-refractivity contribution >= 4 is 17.5 Å². The summed E-state index contributed by atoms with van der Waals surface area (Å²) >= 11 is 0. The van der Waals surface area contributed by atoms with Gasteiger partial charge in [-0.2, -0.15) is 0 Å². The topological polar surface area (TPSA) is 52.7 Å². The van der Waals surface area contributed by atoms with Gasteiger partial charge in [0, 0.05) is 12.6 Å². The number of hydrogen-bond acceptors (Lipinski definition) is 4. The van der Waals surface area contributed by atoms with E-state index in [4.69, 9.17) is 0 Å². The highest BCUT2D eigenvalue weighted by molar-refractivity contribution is 6.22. The number of likely N-dealkylation sites (N-methyl/N-ethyl adjacent to an activating group) is 1. The van der Waals surface area contributed by atoms with Gasteiger partial charge in [-0.15, -0.1) is 0 Å². The van der Waals surface area contributed by atoms with Crippen LogP contribution in [0.3, 0.4) is 0 Å². The third kappa shape index (κ3) is 3.23. The van der Waals surface area contributed by atoms with Gasteiger partial charge in [0.2, 0.25) is 5.91 Å². The zero-order valence-corrected chi connectivity index (χ0v) is 12.2. The number of anilines is 1. The number of nitrogens with zero attached hydrogens (tertiary/aromatic N) is 2. The van der Waals surface area contributed by atoms with Gasteiger partial charge in [0.15, 0.2) is 0 Å². The van der Waals surface area contributed by atoms with E-state index < -0.39 is 6.04 Å². The molecule has 0 bridgehead atoms. The maximum absolute atomic E-state index is 12.4. The van der Waals surface area contributed by atoms with Crippen molar-refractivity contribution in [2.45, 2.75) is 25.4 Å². The largest absolute Gasteiger partial charge is 0.308 e. The molecular formula is C15H21N3O2. The van der Waals surface area contributed by atoms with Crippen molar-refractivity contribution in [3.05, 3.63) is 30.3 Å². The molecule has 0 aromatic heterocycles. The summed E-state index contributed by atoms with van der Waals surface area (Å²) in [5.41, 5.74) is 0.645. The van der Waals surface area contributed by atoms with Crippen LogP contribution in [-0.4, -0.2) is 49.4 Å². The summed E-state index contributed by atoms with van der Waals surface area (Å²) in [6.45, 7) is 2.84. The molecule has 2 unspecified atom stereocenters. The molecule has 0 spiro atoms. The van der Waals surface area contributed by atoms with E-state index in [9.17, 15) is 9.59 Å². The van der Waals surface area contributed by atoms with E-state index in [0.717, 1.165) is 6.54 Å². The van der Waals surface area contributed by atoms with Crippen LogP contribution in [0.25, 0.3) is 0 Å². The Morgan fingerprint density at radius 1 is 1.30 bits per heavy atom. The molecule has 2 rings (SSSR count). The Morgan fingerprint density at radius 3 is 2.55 bits per heavy atom. The molecule has 2 atom stereocenters. The molecule has 1 aromatic rings. The molecule has 5 heteroatoms. The van der Waals surface area contributed by atoms with Crippen molar-refractivity contribution in [2.75, 3.05) is 25.5 Å². The van der Waals surface area contributed by atoms with Crippen LogP contribution in [0, 0.1) is 0 Å². The first-order valence-corrected chi connectivity index (χ1v) is 6.81. The molecule has 1 aliphatic rings. The smallest absolute Gasteiger partial charge is 0.251 e. The minimum atomic E-state index is -0.419. The van der Waals surface area contributed by atoms with E-state index in [2.05, 4.69) is 5.32 Å². The number of para-hydroxylation sites is 1. The Labute approximate surface area is 119 Å². The number of imide groups is 1. The van der Waals surface area contributed by atoms with Gasteiger partial charge in [0.05, 0.1) is 18.2 Å². The third-order valence-corrected chi connectivity index (χ3v) is 3.29. The molecule has 1 aromatic carbocycles. The first-order valence-electron chi connectivity index (χ1n) is 6.81. The molecule has 1 N–H and O–H groups in total. The van der Waals surface area contributed by atoms with Crippen LogP contribution in [0.2, 0.25) is 0 Å². The van der Waals surface area contributed by atoms with Crippen LogP contribution >= 0.6 is 0 Å². The highest BCUT2D eigenvalue weighted by atomic mass is 16.2. The normalized spacial score (nSPS) is 20.8. The zero-order valence-electron chi connectivity index (χ0n) is 12.2. The SMILES string of the molecule is CC(CN(C)C)NC1CC(=O)N(c2ccccc2)C1=O. The van der Waals surface area contributed by atoms with Crippen molar-refractivity contribution in [1.29, 1.82) is 0 Å². The predicted octanol–water partition coefficient (Wildman–Crippen LogP) is 0.858. The highest BCUT2D eigenvalue weighted by Gasteiger charge is 2.39. The second-order valence-corrected chi connectivity index (χ2v) is 5.49. The van der Waals surface area contributed by atoms with E-state index >= 15 is 0 Å². The average Bonchev–Trinajstić information content (AvgIpc) is 2.64. The average molecular weight is 275 g/mol. The molecule has 0 aliphatic carbocycles. The lowest BCUT2D eigenvalue weighted by Gasteiger charge is -2.21. The van der Waals surface area contributed by atoms with Crippen molar-refractivity contribution in [3.63, 3.8) is 0 Å². The molecule has 1 saturated heterocycles. The molecule has 1 aliphatic heterocycles. The number of amides is 2. The maximum Gasteiger partial charge on any atom is 0.251 e. The van der Waals surface area contributed by atoms with Crippen LogP contribution in [-0.2, 0) is 9.59 Å². The van der Waals surface area contributed by atoms with Gasteiger partial charge in [-0.1, -0.05) is 18.2 Å². The van der Waals surface area contributed by atoms with Crippen LogP contribution < -0.4 is 10.2 Å². The molecule has 1 fully saturated rings. The number of benzene rings is 1. The second-order valence-electron chi connectivity index (χ2n) is 5.49. The molecular weight excluding hydrogens is 254 g/mol.